The zero-order chi connectivity index (χ0) is 17.6. The molecule has 0 radical (unpaired) electrons. The van der Waals surface area contributed by atoms with Crippen LogP contribution in [0.5, 0.6) is 0 Å². The van der Waals surface area contributed by atoms with Crippen LogP contribution in [0.25, 0.3) is 10.4 Å². The van der Waals surface area contributed by atoms with Crippen LogP contribution in [-0.4, -0.2) is 29.3 Å². The van der Waals surface area contributed by atoms with Crippen molar-refractivity contribution in [1.82, 2.24) is 0 Å². The summed E-state index contributed by atoms with van der Waals surface area (Å²) < 4.78 is 10.3. The standard InChI is InChI=1S/C15H19N3O5/c1-9-11(14(20)21)5-10(6-12(9)17-18-16)7-22-8-13(19)23-15(2,3)4/h5-6H,7-8H2,1-4H3,(H,20,21). The van der Waals surface area contributed by atoms with E-state index < -0.39 is 17.5 Å². The molecule has 8 heteroatoms. The van der Waals surface area contributed by atoms with Gasteiger partial charge in [0.25, 0.3) is 0 Å². The van der Waals surface area contributed by atoms with Crippen molar-refractivity contribution < 1.29 is 24.2 Å². The van der Waals surface area contributed by atoms with Crippen molar-refractivity contribution in [2.75, 3.05) is 6.61 Å². The van der Waals surface area contributed by atoms with Crippen LogP contribution in [0, 0.1) is 6.92 Å². The maximum Gasteiger partial charge on any atom is 0.335 e. The smallest absolute Gasteiger partial charge is 0.335 e. The Labute approximate surface area is 133 Å². The van der Waals surface area contributed by atoms with Gasteiger partial charge in [-0.3, -0.25) is 0 Å². The molecular formula is C15H19N3O5. The highest BCUT2D eigenvalue weighted by Crippen LogP contribution is 2.25. The van der Waals surface area contributed by atoms with Gasteiger partial charge in [0.05, 0.1) is 12.2 Å². The van der Waals surface area contributed by atoms with E-state index in [4.69, 9.17) is 15.0 Å². The number of nitrogens with zero attached hydrogens (tertiary/aromatic N) is 3. The van der Waals surface area contributed by atoms with Crippen LogP contribution in [0.1, 0.15) is 42.3 Å². The molecule has 1 N–H and O–H groups in total. The number of benzene rings is 1. The average molecular weight is 321 g/mol. The zero-order valence-corrected chi connectivity index (χ0v) is 13.5. The van der Waals surface area contributed by atoms with Gasteiger partial charge in [0.2, 0.25) is 0 Å². The van der Waals surface area contributed by atoms with Crippen molar-refractivity contribution in [3.63, 3.8) is 0 Å². The monoisotopic (exact) mass is 321 g/mol. The van der Waals surface area contributed by atoms with Gasteiger partial charge in [0.1, 0.15) is 12.2 Å². The second-order valence-corrected chi connectivity index (χ2v) is 5.86. The molecule has 8 nitrogen and oxygen atoms in total. The van der Waals surface area contributed by atoms with Gasteiger partial charge in [-0.1, -0.05) is 5.11 Å². The first-order valence-corrected chi connectivity index (χ1v) is 6.85. The summed E-state index contributed by atoms with van der Waals surface area (Å²) in [7, 11) is 0. The summed E-state index contributed by atoms with van der Waals surface area (Å²) in [4.78, 5) is 25.4. The molecule has 0 saturated heterocycles. The van der Waals surface area contributed by atoms with Gasteiger partial charge in [0, 0.05) is 10.6 Å². The SMILES string of the molecule is Cc1c(N=[N+]=[N-])cc(COCC(=O)OC(C)(C)C)cc1C(=O)O. The topological polar surface area (TPSA) is 122 Å². The first-order chi connectivity index (χ1) is 10.6. The number of azide groups is 1. The number of carbonyl (C=O) groups is 2. The Balaban J connectivity index is 2.83. The quantitative estimate of drug-likeness (QED) is 0.372. The number of aromatic carboxylic acids is 1. The third kappa shape index (κ3) is 5.98. The van der Waals surface area contributed by atoms with Crippen molar-refractivity contribution in [2.45, 2.75) is 39.9 Å². The van der Waals surface area contributed by atoms with E-state index in [0.717, 1.165) is 0 Å². The largest absolute Gasteiger partial charge is 0.478 e. The van der Waals surface area contributed by atoms with Crippen LogP contribution in [0.15, 0.2) is 17.2 Å². The number of hydrogen-bond donors (Lipinski definition) is 1. The Morgan fingerprint density at radius 1 is 1.35 bits per heavy atom. The van der Waals surface area contributed by atoms with Gasteiger partial charge in [0.15, 0.2) is 0 Å². The Bertz CT molecular complexity index is 635. The lowest BCUT2D eigenvalue weighted by atomic mass is 10.0. The molecule has 0 aromatic heterocycles. The first kappa shape index (κ1) is 18.5. The highest BCUT2D eigenvalue weighted by Gasteiger charge is 2.17. The molecule has 0 aliphatic rings. The average Bonchev–Trinajstić information content (AvgIpc) is 2.39. The lowest BCUT2D eigenvalue weighted by Crippen LogP contribution is -2.26. The molecule has 23 heavy (non-hydrogen) atoms. The molecule has 124 valence electrons. The van der Waals surface area contributed by atoms with Crippen molar-refractivity contribution >= 4 is 17.6 Å². The second-order valence-electron chi connectivity index (χ2n) is 5.86. The van der Waals surface area contributed by atoms with Crippen molar-refractivity contribution in [3.8, 4) is 0 Å². The number of esters is 1. The predicted molar refractivity (Wildman–Crippen MR) is 82.4 cm³/mol. The molecule has 0 atom stereocenters. The van der Waals surface area contributed by atoms with Crippen LogP contribution in [0.4, 0.5) is 5.69 Å². The number of ether oxygens (including phenoxy) is 2. The summed E-state index contributed by atoms with van der Waals surface area (Å²) >= 11 is 0. The van der Waals surface area contributed by atoms with E-state index in [0.29, 0.717) is 11.1 Å². The Kier molecular flexibility index (Phi) is 6.12. The normalized spacial score (nSPS) is 10.8. The van der Waals surface area contributed by atoms with E-state index >= 15 is 0 Å². The van der Waals surface area contributed by atoms with E-state index in [2.05, 4.69) is 10.0 Å². The van der Waals surface area contributed by atoms with E-state index in [9.17, 15) is 14.7 Å². The summed E-state index contributed by atoms with van der Waals surface area (Å²) in [6.07, 6.45) is 0. The molecular weight excluding hydrogens is 302 g/mol. The molecule has 1 rings (SSSR count). The molecule has 0 heterocycles. The number of carbonyl (C=O) groups excluding carboxylic acids is 1. The lowest BCUT2D eigenvalue weighted by Gasteiger charge is -2.19. The molecule has 0 aliphatic heterocycles. The highest BCUT2D eigenvalue weighted by molar-refractivity contribution is 5.91. The highest BCUT2D eigenvalue weighted by atomic mass is 16.6. The summed E-state index contributed by atoms with van der Waals surface area (Å²) in [5.41, 5.74) is 9.02. The van der Waals surface area contributed by atoms with Gasteiger partial charge in [-0.2, -0.15) is 0 Å². The van der Waals surface area contributed by atoms with Crippen LogP contribution < -0.4 is 0 Å². The summed E-state index contributed by atoms with van der Waals surface area (Å²) in [6, 6.07) is 2.94. The van der Waals surface area contributed by atoms with Gasteiger partial charge in [-0.25, -0.2) is 9.59 Å². The molecule has 0 unspecified atom stereocenters. The summed E-state index contributed by atoms with van der Waals surface area (Å²) in [5.74, 6) is -1.65. The number of hydrogen-bond acceptors (Lipinski definition) is 5. The van der Waals surface area contributed by atoms with Gasteiger partial charge in [-0.05, 0) is 56.5 Å². The number of rotatable bonds is 6. The Morgan fingerprint density at radius 3 is 2.52 bits per heavy atom. The van der Waals surface area contributed by atoms with E-state index in [-0.39, 0.29) is 24.5 Å². The zero-order valence-electron chi connectivity index (χ0n) is 13.5. The summed E-state index contributed by atoms with van der Waals surface area (Å²) in [5, 5.41) is 12.6. The van der Waals surface area contributed by atoms with Gasteiger partial charge in [-0.15, -0.1) is 0 Å². The van der Waals surface area contributed by atoms with Gasteiger partial charge >= 0.3 is 11.9 Å². The van der Waals surface area contributed by atoms with E-state index in [1.165, 1.54) is 12.1 Å². The minimum atomic E-state index is -1.13. The fourth-order valence-corrected chi connectivity index (χ4v) is 1.84. The first-order valence-electron chi connectivity index (χ1n) is 6.85. The fourth-order valence-electron chi connectivity index (χ4n) is 1.84. The maximum absolute atomic E-state index is 11.5. The molecule has 0 spiro atoms. The molecule has 1 aromatic carbocycles. The molecule has 0 saturated carbocycles. The molecule has 0 aliphatic carbocycles. The van der Waals surface area contributed by atoms with Crippen molar-refractivity contribution in [1.29, 1.82) is 0 Å². The van der Waals surface area contributed by atoms with Crippen molar-refractivity contribution in [3.05, 3.63) is 39.3 Å². The third-order valence-electron chi connectivity index (χ3n) is 2.73. The van der Waals surface area contributed by atoms with E-state index in [1.54, 1.807) is 27.7 Å². The van der Waals surface area contributed by atoms with E-state index in [1.807, 2.05) is 0 Å². The molecule has 1 aromatic rings. The Hall–Kier alpha value is -2.57. The fraction of sp³-hybridized carbons (Fsp3) is 0.467. The lowest BCUT2D eigenvalue weighted by molar-refractivity contribution is -0.160. The van der Waals surface area contributed by atoms with Crippen LogP contribution >= 0.6 is 0 Å². The molecule has 0 amide bonds. The minimum Gasteiger partial charge on any atom is -0.478 e. The van der Waals surface area contributed by atoms with Crippen molar-refractivity contribution in [2.24, 2.45) is 5.11 Å². The minimum absolute atomic E-state index is 0.00620. The second kappa shape index (κ2) is 7.62. The van der Waals surface area contributed by atoms with Crippen LogP contribution in [0.2, 0.25) is 0 Å². The number of carboxylic acids is 1. The third-order valence-corrected chi connectivity index (χ3v) is 2.73. The molecule has 0 fully saturated rings. The van der Waals surface area contributed by atoms with Crippen LogP contribution in [0.3, 0.4) is 0 Å². The van der Waals surface area contributed by atoms with Gasteiger partial charge < -0.3 is 14.6 Å². The summed E-state index contributed by atoms with van der Waals surface area (Å²) in [6.45, 7) is 6.53. The Morgan fingerprint density at radius 2 is 2.00 bits per heavy atom. The predicted octanol–water partition coefficient (Wildman–Crippen LogP) is 3.49. The maximum atomic E-state index is 11.5. The molecule has 0 bridgehead atoms. The number of carboxylic acid groups (broad SMARTS) is 1. The van der Waals surface area contributed by atoms with Crippen LogP contribution in [-0.2, 0) is 20.9 Å².